The molecule has 1 aromatic rings. The molecule has 0 unspecified atom stereocenters. The van der Waals surface area contributed by atoms with Crippen LogP contribution in [0.5, 0.6) is 5.75 Å². The average molecular weight is 289 g/mol. The molecule has 3 N–H and O–H groups in total. The Morgan fingerprint density at radius 3 is 2.71 bits per heavy atom. The maximum absolute atomic E-state index is 11.4. The molecule has 1 heterocycles. The third kappa shape index (κ3) is 2.57. The van der Waals surface area contributed by atoms with Gasteiger partial charge in [0.05, 0.1) is 9.93 Å². The Bertz CT molecular complexity index is 557. The number of hydrogen-bond donors (Lipinski definition) is 3. The molecule has 1 saturated heterocycles. The minimum Gasteiger partial charge on any atom is -0.506 e. The Labute approximate surface area is 111 Å². The van der Waals surface area contributed by atoms with Crippen molar-refractivity contribution in [1.29, 1.82) is 5.41 Å². The van der Waals surface area contributed by atoms with Crippen LogP contribution >= 0.6 is 35.0 Å². The third-order valence-corrected chi connectivity index (χ3v) is 3.34. The number of nitrogens with one attached hydrogen (secondary N) is 2. The lowest BCUT2D eigenvalue weighted by molar-refractivity contribution is -0.115. The van der Waals surface area contributed by atoms with Gasteiger partial charge in [-0.3, -0.25) is 10.2 Å². The number of aromatic hydroxyl groups is 1. The van der Waals surface area contributed by atoms with Crippen LogP contribution in [-0.4, -0.2) is 16.2 Å². The number of benzene rings is 1. The molecule has 1 aliphatic heterocycles. The molecule has 2 rings (SSSR count). The number of amides is 1. The van der Waals surface area contributed by atoms with Gasteiger partial charge in [0.2, 0.25) is 0 Å². The zero-order chi connectivity index (χ0) is 12.6. The van der Waals surface area contributed by atoms with Gasteiger partial charge in [0.15, 0.2) is 5.17 Å². The van der Waals surface area contributed by atoms with Crippen molar-refractivity contribution in [3.63, 3.8) is 0 Å². The van der Waals surface area contributed by atoms with Gasteiger partial charge in [0, 0.05) is 10.6 Å². The highest BCUT2D eigenvalue weighted by molar-refractivity contribution is 8.18. The summed E-state index contributed by atoms with van der Waals surface area (Å²) in [6.07, 6.45) is 1.44. The Balaban J connectivity index is 2.46. The van der Waals surface area contributed by atoms with E-state index in [0.717, 1.165) is 11.8 Å². The molecule has 1 fully saturated rings. The summed E-state index contributed by atoms with van der Waals surface area (Å²) in [5.41, 5.74) is 0.342. The fourth-order valence-corrected chi connectivity index (χ4v) is 2.48. The molecule has 88 valence electrons. The standard InChI is InChI=1S/C10H6Cl2N2O2S/c11-5-1-4(8(15)6(12)3-5)2-7-9(16)14-10(13)17-7/h1-3,15H,(H2,13,14,16)/b7-2+. The second-order valence-electron chi connectivity index (χ2n) is 3.22. The molecular formula is C10H6Cl2N2O2S. The van der Waals surface area contributed by atoms with Gasteiger partial charge in [-0.15, -0.1) is 0 Å². The van der Waals surface area contributed by atoms with Crippen LogP contribution in [0.3, 0.4) is 0 Å². The van der Waals surface area contributed by atoms with Crippen molar-refractivity contribution in [3.05, 3.63) is 32.6 Å². The number of carbonyl (C=O) groups excluding carboxylic acids is 1. The van der Waals surface area contributed by atoms with E-state index in [4.69, 9.17) is 28.6 Å². The van der Waals surface area contributed by atoms with Crippen molar-refractivity contribution in [2.24, 2.45) is 0 Å². The van der Waals surface area contributed by atoms with Crippen molar-refractivity contribution in [2.75, 3.05) is 0 Å². The van der Waals surface area contributed by atoms with Gasteiger partial charge in [0.1, 0.15) is 5.75 Å². The molecular weight excluding hydrogens is 283 g/mol. The largest absolute Gasteiger partial charge is 0.506 e. The van der Waals surface area contributed by atoms with Gasteiger partial charge in [0.25, 0.3) is 5.91 Å². The summed E-state index contributed by atoms with van der Waals surface area (Å²) in [5, 5.41) is 19.8. The van der Waals surface area contributed by atoms with Gasteiger partial charge >= 0.3 is 0 Å². The number of phenols is 1. The summed E-state index contributed by atoms with van der Waals surface area (Å²) in [6.45, 7) is 0. The smallest absolute Gasteiger partial charge is 0.264 e. The summed E-state index contributed by atoms with van der Waals surface area (Å²) in [4.78, 5) is 11.7. The highest BCUT2D eigenvalue weighted by Crippen LogP contribution is 2.34. The van der Waals surface area contributed by atoms with Crippen LogP contribution in [0, 0.1) is 5.41 Å². The van der Waals surface area contributed by atoms with E-state index in [0.29, 0.717) is 15.5 Å². The minimum absolute atomic E-state index is 0.0499. The second-order valence-corrected chi connectivity index (χ2v) is 5.12. The Morgan fingerprint density at radius 2 is 2.12 bits per heavy atom. The molecule has 0 aromatic heterocycles. The Kier molecular flexibility index (Phi) is 3.33. The first-order chi connectivity index (χ1) is 7.97. The molecule has 0 atom stereocenters. The Hall–Kier alpha value is -1.17. The highest BCUT2D eigenvalue weighted by Gasteiger charge is 2.22. The molecule has 7 heteroatoms. The van der Waals surface area contributed by atoms with Crippen molar-refractivity contribution in [2.45, 2.75) is 0 Å². The second kappa shape index (κ2) is 4.60. The fourth-order valence-electron chi connectivity index (χ4n) is 1.28. The quantitative estimate of drug-likeness (QED) is 0.696. The maximum atomic E-state index is 11.4. The Morgan fingerprint density at radius 1 is 1.41 bits per heavy atom. The molecule has 0 aliphatic carbocycles. The summed E-state index contributed by atoms with van der Waals surface area (Å²) in [6, 6.07) is 2.90. The predicted octanol–water partition coefficient (Wildman–Crippen LogP) is 2.84. The van der Waals surface area contributed by atoms with E-state index in [2.05, 4.69) is 5.32 Å². The van der Waals surface area contributed by atoms with Gasteiger partial charge in [-0.05, 0) is 30.0 Å². The highest BCUT2D eigenvalue weighted by atomic mass is 35.5. The van der Waals surface area contributed by atoms with Gasteiger partial charge in [-0.25, -0.2) is 0 Å². The zero-order valence-corrected chi connectivity index (χ0v) is 10.6. The first kappa shape index (κ1) is 12.3. The predicted molar refractivity (Wildman–Crippen MR) is 69.6 cm³/mol. The number of halogens is 2. The minimum atomic E-state index is -0.379. The average Bonchev–Trinajstić information content (AvgIpc) is 2.53. The van der Waals surface area contributed by atoms with Gasteiger partial charge in [-0.2, -0.15) is 0 Å². The number of hydrogen-bond acceptors (Lipinski definition) is 4. The molecule has 1 aromatic carbocycles. The molecule has 0 bridgehead atoms. The van der Waals surface area contributed by atoms with E-state index in [1.165, 1.54) is 18.2 Å². The third-order valence-electron chi connectivity index (χ3n) is 2.01. The molecule has 1 amide bonds. The van der Waals surface area contributed by atoms with Crippen molar-refractivity contribution in [3.8, 4) is 5.75 Å². The van der Waals surface area contributed by atoms with Crippen LogP contribution in [0.25, 0.3) is 6.08 Å². The topological polar surface area (TPSA) is 73.2 Å². The summed E-state index contributed by atoms with van der Waals surface area (Å²) < 4.78 is 0. The van der Waals surface area contributed by atoms with E-state index in [1.807, 2.05) is 0 Å². The number of rotatable bonds is 1. The van der Waals surface area contributed by atoms with Crippen LogP contribution < -0.4 is 5.32 Å². The molecule has 4 nitrogen and oxygen atoms in total. The van der Waals surface area contributed by atoms with Crippen molar-refractivity contribution >= 4 is 52.1 Å². The molecule has 0 saturated carbocycles. The zero-order valence-electron chi connectivity index (χ0n) is 8.25. The molecule has 1 aliphatic rings. The van der Waals surface area contributed by atoms with E-state index in [9.17, 15) is 9.90 Å². The lowest BCUT2D eigenvalue weighted by atomic mass is 10.2. The first-order valence-corrected chi connectivity index (χ1v) is 6.02. The summed E-state index contributed by atoms with van der Waals surface area (Å²) in [5.74, 6) is -0.522. The maximum Gasteiger partial charge on any atom is 0.264 e. The number of carbonyl (C=O) groups is 1. The number of phenolic OH excluding ortho intramolecular Hbond substituents is 1. The fraction of sp³-hybridized carbons (Fsp3) is 0. The van der Waals surface area contributed by atoms with Gasteiger partial charge in [-0.1, -0.05) is 23.2 Å². The number of thioether (sulfide) groups is 1. The lowest BCUT2D eigenvalue weighted by Crippen LogP contribution is -2.18. The van der Waals surface area contributed by atoms with Crippen molar-refractivity contribution in [1.82, 2.24) is 5.32 Å². The first-order valence-electron chi connectivity index (χ1n) is 4.45. The normalized spacial score (nSPS) is 17.6. The monoisotopic (exact) mass is 288 g/mol. The van der Waals surface area contributed by atoms with Crippen molar-refractivity contribution < 1.29 is 9.90 Å². The van der Waals surface area contributed by atoms with Gasteiger partial charge < -0.3 is 10.4 Å². The number of amidine groups is 1. The summed E-state index contributed by atoms with van der Waals surface area (Å²) in [7, 11) is 0. The van der Waals surface area contributed by atoms with Crippen LogP contribution in [0.4, 0.5) is 0 Å². The molecule has 0 spiro atoms. The van der Waals surface area contributed by atoms with Crippen LogP contribution in [-0.2, 0) is 4.79 Å². The summed E-state index contributed by atoms with van der Waals surface area (Å²) >= 11 is 12.5. The van der Waals surface area contributed by atoms with E-state index in [-0.39, 0.29) is 21.8 Å². The van der Waals surface area contributed by atoms with E-state index < -0.39 is 0 Å². The molecule has 0 radical (unpaired) electrons. The molecule has 17 heavy (non-hydrogen) atoms. The van der Waals surface area contributed by atoms with Crippen LogP contribution in [0.2, 0.25) is 10.0 Å². The van der Waals surface area contributed by atoms with Crippen LogP contribution in [0.15, 0.2) is 17.0 Å². The van der Waals surface area contributed by atoms with E-state index in [1.54, 1.807) is 0 Å². The van der Waals surface area contributed by atoms with Crippen LogP contribution in [0.1, 0.15) is 5.56 Å². The SMILES string of the molecule is N=C1NC(=O)/C(=C\c2cc(Cl)cc(Cl)c2O)S1. The lowest BCUT2D eigenvalue weighted by Gasteiger charge is -2.03. The van der Waals surface area contributed by atoms with E-state index >= 15 is 0 Å².